The van der Waals surface area contributed by atoms with Crippen molar-refractivity contribution in [3.05, 3.63) is 59.4 Å². The van der Waals surface area contributed by atoms with Crippen LogP contribution in [0.25, 0.3) is 0 Å². The largest absolute Gasteiger partial charge is 0.416 e. The Morgan fingerprint density at radius 2 is 1.84 bits per heavy atom. The minimum Gasteiger partial charge on any atom is -0.396 e. The van der Waals surface area contributed by atoms with Gasteiger partial charge in [0.05, 0.1) is 24.0 Å². The Balaban J connectivity index is 0.000000236. The van der Waals surface area contributed by atoms with Crippen LogP contribution < -0.4 is 15.5 Å². The number of anilines is 1. The van der Waals surface area contributed by atoms with Crippen molar-refractivity contribution in [2.24, 2.45) is 0 Å². The zero-order valence-electron chi connectivity index (χ0n) is 24.7. The standard InChI is InChI=1S/C17H27N3O2.C14H15F3N2O2/c1-2-18-15(10-12-21)6-3-5-14-8-9-16(13-19-14)20-11-4-7-17(20)22;15-14(16,17)11-5-3-4-10(8-11)13(21)18-9-12(20)19-6-1-2-7-19/h8-9,13,15,18,21H,2-7,10-12H2,1H3;3-5,8H,1-2,6-7,9H2,(H,18,21). The number of likely N-dealkylation sites (tertiary alicyclic amines) is 1. The quantitative estimate of drug-likeness (QED) is 0.338. The minimum absolute atomic E-state index is 0.112. The number of aromatic nitrogens is 1. The fraction of sp³-hybridized carbons (Fsp3) is 0.548. The third-order valence-electron chi connectivity index (χ3n) is 7.46. The van der Waals surface area contributed by atoms with Gasteiger partial charge in [-0.2, -0.15) is 13.2 Å². The number of halogens is 3. The lowest BCUT2D eigenvalue weighted by Gasteiger charge is -2.17. The van der Waals surface area contributed by atoms with E-state index in [2.05, 4.69) is 22.5 Å². The number of rotatable bonds is 12. The van der Waals surface area contributed by atoms with Crippen molar-refractivity contribution in [3.8, 4) is 0 Å². The molecule has 2 aliphatic heterocycles. The number of benzene rings is 1. The second-order valence-corrected chi connectivity index (χ2v) is 10.7. The maximum atomic E-state index is 12.6. The smallest absolute Gasteiger partial charge is 0.396 e. The molecule has 2 fully saturated rings. The van der Waals surface area contributed by atoms with Gasteiger partial charge < -0.3 is 25.5 Å². The molecule has 2 aliphatic rings. The molecule has 1 atom stereocenters. The van der Waals surface area contributed by atoms with Crippen molar-refractivity contribution < 1.29 is 32.7 Å². The van der Waals surface area contributed by atoms with Crippen molar-refractivity contribution in [2.45, 2.75) is 70.5 Å². The van der Waals surface area contributed by atoms with Gasteiger partial charge in [-0.05, 0) is 81.8 Å². The van der Waals surface area contributed by atoms with Crippen LogP contribution in [0.15, 0.2) is 42.6 Å². The molecular formula is C31H42F3N5O4. The summed E-state index contributed by atoms with van der Waals surface area (Å²) in [5, 5.41) is 14.8. The van der Waals surface area contributed by atoms with E-state index in [4.69, 9.17) is 5.11 Å². The normalized spacial score (nSPS) is 15.7. The van der Waals surface area contributed by atoms with Crippen molar-refractivity contribution in [1.82, 2.24) is 20.5 Å². The number of aryl methyl sites for hydroxylation is 1. The van der Waals surface area contributed by atoms with Gasteiger partial charge in [0.15, 0.2) is 0 Å². The minimum atomic E-state index is -4.50. The average Bonchev–Trinajstić information content (AvgIpc) is 3.69. The molecule has 0 aliphatic carbocycles. The van der Waals surface area contributed by atoms with E-state index in [-0.39, 0.29) is 30.5 Å². The van der Waals surface area contributed by atoms with Gasteiger partial charge in [-0.3, -0.25) is 19.4 Å². The monoisotopic (exact) mass is 605 g/mol. The van der Waals surface area contributed by atoms with Gasteiger partial charge in [0.2, 0.25) is 11.8 Å². The first kappa shape index (κ1) is 34.0. The highest BCUT2D eigenvalue weighted by Gasteiger charge is 2.31. The summed E-state index contributed by atoms with van der Waals surface area (Å²) in [7, 11) is 0. The summed E-state index contributed by atoms with van der Waals surface area (Å²) in [6, 6.07) is 8.53. The highest BCUT2D eigenvalue weighted by molar-refractivity contribution is 5.96. The Labute approximate surface area is 250 Å². The third kappa shape index (κ3) is 10.9. The van der Waals surface area contributed by atoms with E-state index >= 15 is 0 Å². The second-order valence-electron chi connectivity index (χ2n) is 10.7. The molecule has 3 amide bonds. The zero-order valence-corrected chi connectivity index (χ0v) is 24.7. The van der Waals surface area contributed by atoms with Crippen LogP contribution in [-0.2, 0) is 22.2 Å². The van der Waals surface area contributed by atoms with Gasteiger partial charge in [0, 0.05) is 50.0 Å². The second kappa shape index (κ2) is 17.0. The number of carbonyl (C=O) groups is 3. The first-order valence-electron chi connectivity index (χ1n) is 14.9. The summed E-state index contributed by atoms with van der Waals surface area (Å²) in [6.45, 7) is 5.19. The Bertz CT molecular complexity index is 1180. The molecule has 43 heavy (non-hydrogen) atoms. The first-order chi connectivity index (χ1) is 20.6. The number of hydrogen-bond donors (Lipinski definition) is 3. The number of aliphatic hydroxyl groups is 1. The van der Waals surface area contributed by atoms with E-state index in [1.54, 1.807) is 4.90 Å². The van der Waals surface area contributed by atoms with Crippen LogP contribution in [0.3, 0.4) is 0 Å². The van der Waals surface area contributed by atoms with E-state index in [0.717, 1.165) is 81.5 Å². The molecule has 1 aromatic carbocycles. The molecule has 0 saturated carbocycles. The van der Waals surface area contributed by atoms with Gasteiger partial charge in [-0.15, -0.1) is 0 Å². The van der Waals surface area contributed by atoms with Gasteiger partial charge in [-0.1, -0.05) is 13.0 Å². The molecule has 12 heteroatoms. The maximum absolute atomic E-state index is 12.6. The predicted octanol–water partition coefficient (Wildman–Crippen LogP) is 3.95. The number of aliphatic hydroxyl groups excluding tert-OH is 1. The number of nitrogens with one attached hydrogen (secondary N) is 2. The number of carbonyl (C=O) groups excluding carboxylic acids is 3. The molecule has 4 rings (SSSR count). The van der Waals surface area contributed by atoms with Crippen LogP contribution in [-0.4, -0.2) is 78.1 Å². The summed E-state index contributed by atoms with van der Waals surface area (Å²) in [4.78, 5) is 43.2. The van der Waals surface area contributed by atoms with Gasteiger partial charge in [0.1, 0.15) is 0 Å². The van der Waals surface area contributed by atoms with Crippen molar-refractivity contribution in [1.29, 1.82) is 0 Å². The fourth-order valence-electron chi connectivity index (χ4n) is 5.14. The van der Waals surface area contributed by atoms with Crippen LogP contribution in [0.2, 0.25) is 0 Å². The van der Waals surface area contributed by atoms with E-state index < -0.39 is 17.6 Å². The summed E-state index contributed by atoms with van der Waals surface area (Å²) in [5.74, 6) is -0.700. The lowest BCUT2D eigenvalue weighted by molar-refractivity contribution is -0.137. The molecule has 3 N–H and O–H groups in total. The molecular weight excluding hydrogens is 563 g/mol. The molecule has 2 aromatic rings. The van der Waals surface area contributed by atoms with Crippen molar-refractivity contribution in [3.63, 3.8) is 0 Å². The SMILES string of the molecule is CCNC(CCO)CCCc1ccc(N2CCCC2=O)cn1.O=C(NCC(=O)N1CCCC1)c1cccc(C(F)(F)F)c1. The molecule has 2 saturated heterocycles. The van der Waals surface area contributed by atoms with Gasteiger partial charge in [0.25, 0.3) is 5.91 Å². The van der Waals surface area contributed by atoms with E-state index in [1.807, 2.05) is 23.2 Å². The van der Waals surface area contributed by atoms with E-state index in [0.29, 0.717) is 25.6 Å². The lowest BCUT2D eigenvalue weighted by atomic mass is 10.1. The van der Waals surface area contributed by atoms with Crippen LogP contribution in [0.5, 0.6) is 0 Å². The Kier molecular flexibility index (Phi) is 13.4. The zero-order chi connectivity index (χ0) is 31.2. The summed E-state index contributed by atoms with van der Waals surface area (Å²) in [5.41, 5.74) is 0.978. The molecule has 9 nitrogen and oxygen atoms in total. The van der Waals surface area contributed by atoms with Crippen LogP contribution >= 0.6 is 0 Å². The average molecular weight is 606 g/mol. The lowest BCUT2D eigenvalue weighted by Crippen LogP contribution is -2.38. The molecule has 3 heterocycles. The third-order valence-corrected chi connectivity index (χ3v) is 7.46. The molecule has 1 aromatic heterocycles. The van der Waals surface area contributed by atoms with E-state index in [1.165, 1.54) is 12.1 Å². The fourth-order valence-corrected chi connectivity index (χ4v) is 5.14. The molecule has 1 unspecified atom stereocenters. The number of pyridine rings is 1. The molecule has 236 valence electrons. The number of hydrogen-bond acceptors (Lipinski definition) is 6. The first-order valence-corrected chi connectivity index (χ1v) is 14.9. The maximum Gasteiger partial charge on any atom is 0.416 e. The summed E-state index contributed by atoms with van der Waals surface area (Å²) >= 11 is 0. The molecule has 0 radical (unpaired) electrons. The Morgan fingerprint density at radius 1 is 1.07 bits per heavy atom. The van der Waals surface area contributed by atoms with Gasteiger partial charge in [-0.25, -0.2) is 0 Å². The Morgan fingerprint density at radius 3 is 2.44 bits per heavy atom. The summed E-state index contributed by atoms with van der Waals surface area (Å²) < 4.78 is 37.7. The van der Waals surface area contributed by atoms with Crippen LogP contribution in [0.4, 0.5) is 18.9 Å². The van der Waals surface area contributed by atoms with Crippen molar-refractivity contribution >= 4 is 23.4 Å². The topological polar surface area (TPSA) is 115 Å². The number of amides is 3. The number of nitrogens with zero attached hydrogens (tertiary/aromatic N) is 3. The van der Waals surface area contributed by atoms with Crippen LogP contribution in [0.1, 0.15) is 73.5 Å². The highest BCUT2D eigenvalue weighted by Crippen LogP contribution is 2.29. The molecule has 0 spiro atoms. The Hall–Kier alpha value is -3.51. The van der Waals surface area contributed by atoms with Crippen molar-refractivity contribution in [2.75, 3.05) is 44.2 Å². The van der Waals surface area contributed by atoms with Gasteiger partial charge >= 0.3 is 6.18 Å². The highest BCUT2D eigenvalue weighted by atomic mass is 19.4. The summed E-state index contributed by atoms with van der Waals surface area (Å²) in [6.07, 6.45) is 4.61. The predicted molar refractivity (Wildman–Crippen MR) is 158 cm³/mol. The van der Waals surface area contributed by atoms with E-state index in [9.17, 15) is 27.6 Å². The van der Waals surface area contributed by atoms with Crippen LogP contribution in [0, 0.1) is 0 Å². The number of alkyl halides is 3. The molecule has 0 bridgehead atoms.